The Balaban J connectivity index is 1.89. The van der Waals surface area contributed by atoms with Crippen molar-refractivity contribution in [2.24, 2.45) is 11.8 Å². The molecule has 3 heteroatoms. The van der Waals surface area contributed by atoms with Crippen LogP contribution in [-0.2, 0) is 0 Å². The molecule has 0 amide bonds. The minimum Gasteiger partial charge on any atom is -0.408 e. The SMILES string of the molecule is C=C1CC(C)CN1[B]N1CC(C)CC1C. The first kappa shape index (κ1) is 11.1. The molecule has 2 aliphatic rings. The highest BCUT2D eigenvalue weighted by Crippen LogP contribution is 2.27. The molecule has 83 valence electrons. The van der Waals surface area contributed by atoms with Gasteiger partial charge in [0.05, 0.1) is 0 Å². The fourth-order valence-corrected chi connectivity index (χ4v) is 2.85. The molecule has 2 rings (SSSR count). The lowest BCUT2D eigenvalue weighted by Crippen LogP contribution is -2.41. The van der Waals surface area contributed by atoms with Crippen LogP contribution >= 0.6 is 0 Å². The van der Waals surface area contributed by atoms with Crippen LogP contribution in [0.2, 0.25) is 0 Å². The number of hydrogen-bond donors (Lipinski definition) is 0. The summed E-state index contributed by atoms with van der Waals surface area (Å²) in [6.45, 7) is 13.5. The number of rotatable bonds is 2. The van der Waals surface area contributed by atoms with E-state index in [4.69, 9.17) is 0 Å². The molecule has 1 radical (unpaired) electrons. The average molecular weight is 205 g/mol. The van der Waals surface area contributed by atoms with Gasteiger partial charge in [0.25, 0.3) is 0 Å². The normalized spacial score (nSPS) is 37.7. The second-order valence-electron chi connectivity index (χ2n) is 5.53. The monoisotopic (exact) mass is 205 g/mol. The first-order valence-corrected chi connectivity index (χ1v) is 6.11. The lowest BCUT2D eigenvalue weighted by molar-refractivity contribution is 0.394. The molecule has 0 saturated carbocycles. The van der Waals surface area contributed by atoms with Crippen molar-refractivity contribution in [3.63, 3.8) is 0 Å². The van der Waals surface area contributed by atoms with E-state index in [2.05, 4.69) is 44.5 Å². The van der Waals surface area contributed by atoms with E-state index in [0.717, 1.165) is 24.8 Å². The van der Waals surface area contributed by atoms with Gasteiger partial charge in [0, 0.05) is 6.54 Å². The predicted octanol–water partition coefficient (Wildman–Crippen LogP) is 2.11. The van der Waals surface area contributed by atoms with E-state index in [1.54, 1.807) is 0 Å². The van der Waals surface area contributed by atoms with Gasteiger partial charge in [-0.3, -0.25) is 0 Å². The molecule has 2 saturated heterocycles. The summed E-state index contributed by atoms with van der Waals surface area (Å²) in [4.78, 5) is 4.83. The van der Waals surface area contributed by atoms with Gasteiger partial charge in [0.2, 0.25) is 0 Å². The fourth-order valence-electron chi connectivity index (χ4n) is 2.85. The van der Waals surface area contributed by atoms with E-state index in [0.29, 0.717) is 6.04 Å². The molecule has 2 aliphatic heterocycles. The van der Waals surface area contributed by atoms with Crippen LogP contribution in [0.1, 0.15) is 33.6 Å². The summed E-state index contributed by atoms with van der Waals surface area (Å²) in [5.41, 5.74) is 1.29. The maximum atomic E-state index is 4.14. The number of allylic oxidation sites excluding steroid dienone is 1. The van der Waals surface area contributed by atoms with Gasteiger partial charge in [-0.15, -0.1) is 0 Å². The van der Waals surface area contributed by atoms with Crippen molar-refractivity contribution >= 4 is 7.55 Å². The maximum absolute atomic E-state index is 4.14. The average Bonchev–Trinajstić information content (AvgIpc) is 2.58. The van der Waals surface area contributed by atoms with E-state index >= 15 is 0 Å². The van der Waals surface area contributed by atoms with Crippen molar-refractivity contribution in [2.45, 2.75) is 39.7 Å². The van der Waals surface area contributed by atoms with Crippen LogP contribution in [0.15, 0.2) is 12.3 Å². The molecule has 0 spiro atoms. The highest BCUT2D eigenvalue weighted by molar-refractivity contribution is 6.29. The molecule has 2 nitrogen and oxygen atoms in total. The van der Waals surface area contributed by atoms with Gasteiger partial charge in [-0.25, -0.2) is 0 Å². The van der Waals surface area contributed by atoms with Crippen molar-refractivity contribution in [2.75, 3.05) is 13.1 Å². The molecule has 0 aromatic carbocycles. The van der Waals surface area contributed by atoms with Crippen LogP contribution < -0.4 is 0 Å². The summed E-state index contributed by atoms with van der Waals surface area (Å²) >= 11 is 0. The van der Waals surface area contributed by atoms with Crippen LogP contribution in [0.5, 0.6) is 0 Å². The number of hydrogen-bond acceptors (Lipinski definition) is 2. The van der Waals surface area contributed by atoms with E-state index in [1.165, 1.54) is 18.7 Å². The Hall–Kier alpha value is -0.435. The summed E-state index contributed by atoms with van der Waals surface area (Å²) in [5, 5.41) is 0. The molecule has 0 aliphatic carbocycles. The molecule has 0 aromatic rings. The van der Waals surface area contributed by atoms with E-state index < -0.39 is 0 Å². The molecule has 0 aromatic heterocycles. The molecule has 3 atom stereocenters. The minimum atomic E-state index is 0.698. The summed E-state index contributed by atoms with van der Waals surface area (Å²) in [5.74, 6) is 1.61. The summed E-state index contributed by atoms with van der Waals surface area (Å²) in [6.07, 6.45) is 2.49. The van der Waals surface area contributed by atoms with Crippen molar-refractivity contribution in [3.05, 3.63) is 12.3 Å². The minimum absolute atomic E-state index is 0.698. The van der Waals surface area contributed by atoms with E-state index in [9.17, 15) is 0 Å². The second kappa shape index (κ2) is 4.21. The highest BCUT2D eigenvalue weighted by atomic mass is 15.2. The molecule has 3 unspecified atom stereocenters. The summed E-state index contributed by atoms with van der Waals surface area (Å²) in [6, 6.07) is 0.698. The van der Waals surface area contributed by atoms with Crippen LogP contribution in [0.25, 0.3) is 0 Å². The van der Waals surface area contributed by atoms with Gasteiger partial charge in [-0.2, -0.15) is 0 Å². The van der Waals surface area contributed by atoms with E-state index in [-0.39, 0.29) is 0 Å². The van der Waals surface area contributed by atoms with Gasteiger partial charge in [0.15, 0.2) is 0 Å². The largest absolute Gasteiger partial charge is 0.408 e. The molecular formula is C12H22BN2. The predicted molar refractivity (Wildman–Crippen MR) is 65.3 cm³/mol. The molecule has 15 heavy (non-hydrogen) atoms. The summed E-state index contributed by atoms with van der Waals surface area (Å²) in [7, 11) is 2.31. The van der Waals surface area contributed by atoms with Gasteiger partial charge in [-0.1, -0.05) is 27.4 Å². The highest BCUT2D eigenvalue weighted by Gasteiger charge is 2.31. The molecule has 0 N–H and O–H groups in total. The Kier molecular flexibility index (Phi) is 3.10. The van der Waals surface area contributed by atoms with Crippen LogP contribution in [-0.4, -0.2) is 36.3 Å². The van der Waals surface area contributed by atoms with Gasteiger partial charge < -0.3 is 9.62 Å². The Morgan fingerprint density at radius 3 is 2.40 bits per heavy atom. The third kappa shape index (κ3) is 2.39. The first-order chi connectivity index (χ1) is 7.06. The smallest absolute Gasteiger partial charge is 0.352 e. The van der Waals surface area contributed by atoms with Crippen molar-refractivity contribution < 1.29 is 0 Å². The molecule has 0 bridgehead atoms. The first-order valence-electron chi connectivity index (χ1n) is 6.11. The maximum Gasteiger partial charge on any atom is 0.352 e. The Bertz CT molecular complexity index is 254. The van der Waals surface area contributed by atoms with Gasteiger partial charge >= 0.3 is 7.55 Å². The zero-order valence-electron chi connectivity index (χ0n) is 10.2. The zero-order chi connectivity index (χ0) is 11.0. The zero-order valence-corrected chi connectivity index (χ0v) is 10.2. The van der Waals surface area contributed by atoms with Crippen molar-refractivity contribution in [3.8, 4) is 0 Å². The van der Waals surface area contributed by atoms with Crippen LogP contribution in [0.4, 0.5) is 0 Å². The summed E-state index contributed by atoms with van der Waals surface area (Å²) < 4.78 is 0. The van der Waals surface area contributed by atoms with E-state index in [1.807, 2.05) is 0 Å². The third-order valence-electron chi connectivity index (χ3n) is 3.62. The number of nitrogens with zero attached hydrogens (tertiary/aromatic N) is 2. The third-order valence-corrected chi connectivity index (χ3v) is 3.62. The standard InChI is InChI=1S/C12H22BN2/c1-9-5-11(3)14(7-9)13-15-8-10(2)6-12(15)4/h9-10,12H,3,5-8H2,1-2,4H3. The van der Waals surface area contributed by atoms with Gasteiger partial charge in [-0.05, 0) is 43.0 Å². The second-order valence-corrected chi connectivity index (χ2v) is 5.53. The molecule has 2 fully saturated rings. The Labute approximate surface area is 94.6 Å². The Morgan fingerprint density at radius 1 is 1.20 bits per heavy atom. The topological polar surface area (TPSA) is 6.48 Å². The van der Waals surface area contributed by atoms with Crippen LogP contribution in [0, 0.1) is 11.8 Å². The van der Waals surface area contributed by atoms with Crippen LogP contribution in [0.3, 0.4) is 0 Å². The fraction of sp³-hybridized carbons (Fsp3) is 0.833. The quantitative estimate of drug-likeness (QED) is 0.637. The lowest BCUT2D eigenvalue weighted by Gasteiger charge is -2.27. The Morgan fingerprint density at radius 2 is 1.93 bits per heavy atom. The van der Waals surface area contributed by atoms with Crippen molar-refractivity contribution in [1.82, 2.24) is 9.62 Å². The molecular weight excluding hydrogens is 183 g/mol. The lowest BCUT2D eigenvalue weighted by atomic mass is 10.0. The van der Waals surface area contributed by atoms with Crippen molar-refractivity contribution in [1.29, 1.82) is 0 Å². The van der Waals surface area contributed by atoms with Gasteiger partial charge in [0.1, 0.15) is 0 Å². The molecule has 2 heterocycles.